The van der Waals surface area contributed by atoms with Gasteiger partial charge in [0.25, 0.3) is 0 Å². The zero-order valence-electron chi connectivity index (χ0n) is 10.2. The summed E-state index contributed by atoms with van der Waals surface area (Å²) in [5, 5.41) is 0. The van der Waals surface area contributed by atoms with Gasteiger partial charge in [0.15, 0.2) is 0 Å². The van der Waals surface area contributed by atoms with Crippen molar-refractivity contribution in [3.63, 3.8) is 0 Å². The topological polar surface area (TPSA) is 15.7 Å². The van der Waals surface area contributed by atoms with Crippen molar-refractivity contribution in [2.75, 3.05) is 39.5 Å². The predicted molar refractivity (Wildman–Crippen MR) is 70.1 cm³/mol. The number of hydrogen-bond donors (Lipinski definition) is 0. The van der Waals surface area contributed by atoms with Crippen LogP contribution in [0.2, 0.25) is 0 Å². The lowest BCUT2D eigenvalue weighted by atomic mass is 10.3. The molecule has 0 aliphatic carbocycles. The number of para-hydroxylation sites is 1. The van der Waals surface area contributed by atoms with Crippen LogP contribution in [0.4, 0.5) is 0 Å². The lowest BCUT2D eigenvalue weighted by molar-refractivity contribution is 0.0710. The van der Waals surface area contributed by atoms with E-state index in [4.69, 9.17) is 4.74 Å². The molecule has 3 nitrogen and oxygen atoms in total. The van der Waals surface area contributed by atoms with E-state index in [1.807, 2.05) is 36.4 Å². The van der Waals surface area contributed by atoms with Crippen molar-refractivity contribution in [2.45, 2.75) is 0 Å². The molecule has 0 radical (unpaired) electrons. The Hall–Kier alpha value is -1.32. The molecular weight excluding hydrogens is 212 g/mol. The molecule has 0 amide bonds. The van der Waals surface area contributed by atoms with Gasteiger partial charge in [-0.15, -0.1) is 6.58 Å². The molecular formula is C14H20N2O. The standard InChI is InChI=1S/C14H20N2O/c1-2-8-15-9-11-16(12-10-15)13-17-14-6-4-3-5-7-14/h2-7H,1,8-13H2. The molecule has 2 rings (SSSR count). The minimum absolute atomic E-state index is 0.686. The second kappa shape index (κ2) is 6.42. The Labute approximate surface area is 103 Å². The molecule has 1 fully saturated rings. The highest BCUT2D eigenvalue weighted by Crippen LogP contribution is 2.09. The van der Waals surface area contributed by atoms with Crippen molar-refractivity contribution in [3.05, 3.63) is 43.0 Å². The number of hydrogen-bond acceptors (Lipinski definition) is 3. The van der Waals surface area contributed by atoms with Crippen LogP contribution in [-0.4, -0.2) is 49.3 Å². The van der Waals surface area contributed by atoms with E-state index in [0.29, 0.717) is 6.73 Å². The Kier molecular flexibility index (Phi) is 4.59. The predicted octanol–water partition coefficient (Wildman–Crippen LogP) is 1.83. The molecule has 1 heterocycles. The molecule has 17 heavy (non-hydrogen) atoms. The summed E-state index contributed by atoms with van der Waals surface area (Å²) in [6.07, 6.45) is 1.97. The van der Waals surface area contributed by atoms with Gasteiger partial charge in [0.05, 0.1) is 0 Å². The van der Waals surface area contributed by atoms with Crippen molar-refractivity contribution in [3.8, 4) is 5.75 Å². The van der Waals surface area contributed by atoms with Crippen LogP contribution in [0.15, 0.2) is 43.0 Å². The van der Waals surface area contributed by atoms with Crippen LogP contribution >= 0.6 is 0 Å². The first-order valence-electron chi connectivity index (χ1n) is 6.12. The van der Waals surface area contributed by atoms with Gasteiger partial charge in [0.2, 0.25) is 0 Å². The zero-order valence-corrected chi connectivity index (χ0v) is 10.2. The van der Waals surface area contributed by atoms with E-state index in [1.54, 1.807) is 0 Å². The normalized spacial score (nSPS) is 17.9. The van der Waals surface area contributed by atoms with Gasteiger partial charge in [-0.2, -0.15) is 0 Å². The van der Waals surface area contributed by atoms with Gasteiger partial charge in [-0.05, 0) is 12.1 Å². The minimum Gasteiger partial charge on any atom is -0.478 e. The molecule has 0 aromatic heterocycles. The Morgan fingerprint density at radius 2 is 1.71 bits per heavy atom. The van der Waals surface area contributed by atoms with Crippen LogP contribution in [0.3, 0.4) is 0 Å². The summed E-state index contributed by atoms with van der Waals surface area (Å²) >= 11 is 0. The highest BCUT2D eigenvalue weighted by Gasteiger charge is 2.15. The summed E-state index contributed by atoms with van der Waals surface area (Å²) in [5.74, 6) is 0.945. The molecule has 0 unspecified atom stereocenters. The van der Waals surface area contributed by atoms with Gasteiger partial charge >= 0.3 is 0 Å². The van der Waals surface area contributed by atoms with E-state index < -0.39 is 0 Å². The highest BCUT2D eigenvalue weighted by molar-refractivity contribution is 5.20. The van der Waals surface area contributed by atoms with E-state index in [0.717, 1.165) is 38.5 Å². The summed E-state index contributed by atoms with van der Waals surface area (Å²) in [6, 6.07) is 9.98. The Morgan fingerprint density at radius 1 is 1.06 bits per heavy atom. The van der Waals surface area contributed by atoms with Crippen molar-refractivity contribution in [1.82, 2.24) is 9.80 Å². The first kappa shape index (κ1) is 12.1. The fraction of sp³-hybridized carbons (Fsp3) is 0.429. The molecule has 92 valence electrons. The van der Waals surface area contributed by atoms with E-state index in [9.17, 15) is 0 Å². The first-order valence-corrected chi connectivity index (χ1v) is 6.12. The monoisotopic (exact) mass is 232 g/mol. The third-order valence-corrected chi connectivity index (χ3v) is 3.01. The maximum atomic E-state index is 5.73. The number of nitrogens with zero attached hydrogens (tertiary/aromatic N) is 2. The van der Waals surface area contributed by atoms with Crippen LogP contribution in [0.25, 0.3) is 0 Å². The average Bonchev–Trinajstić information content (AvgIpc) is 2.40. The number of rotatable bonds is 5. The smallest absolute Gasteiger partial charge is 0.142 e. The van der Waals surface area contributed by atoms with E-state index in [2.05, 4.69) is 16.4 Å². The Morgan fingerprint density at radius 3 is 2.35 bits per heavy atom. The van der Waals surface area contributed by atoms with Crippen LogP contribution in [0.1, 0.15) is 0 Å². The SMILES string of the molecule is C=CCN1CCN(COc2ccccc2)CC1. The summed E-state index contributed by atoms with van der Waals surface area (Å²) in [6.45, 7) is 9.79. The third kappa shape index (κ3) is 3.88. The van der Waals surface area contributed by atoms with Crippen molar-refractivity contribution in [2.24, 2.45) is 0 Å². The highest BCUT2D eigenvalue weighted by atomic mass is 16.5. The van der Waals surface area contributed by atoms with Crippen molar-refractivity contribution in [1.29, 1.82) is 0 Å². The molecule has 0 spiro atoms. The molecule has 1 aromatic rings. The molecule has 1 aromatic carbocycles. The Balaban J connectivity index is 1.70. The van der Waals surface area contributed by atoms with Gasteiger partial charge < -0.3 is 4.74 Å². The van der Waals surface area contributed by atoms with Crippen molar-refractivity contribution >= 4 is 0 Å². The molecule has 1 aliphatic rings. The quantitative estimate of drug-likeness (QED) is 0.720. The maximum Gasteiger partial charge on any atom is 0.142 e. The molecule has 0 bridgehead atoms. The summed E-state index contributed by atoms with van der Waals surface area (Å²) < 4.78 is 5.73. The molecule has 1 aliphatic heterocycles. The van der Waals surface area contributed by atoms with Gasteiger partial charge in [-0.3, -0.25) is 9.80 Å². The lowest BCUT2D eigenvalue weighted by Crippen LogP contribution is -2.47. The van der Waals surface area contributed by atoms with Gasteiger partial charge in [0, 0.05) is 32.7 Å². The van der Waals surface area contributed by atoms with Crippen LogP contribution in [0.5, 0.6) is 5.75 Å². The summed E-state index contributed by atoms with van der Waals surface area (Å²) in [4.78, 5) is 4.75. The second-order valence-electron chi connectivity index (χ2n) is 4.29. The Bertz CT molecular complexity index is 331. The molecule has 0 saturated carbocycles. The number of piperazine rings is 1. The lowest BCUT2D eigenvalue weighted by Gasteiger charge is -2.33. The van der Waals surface area contributed by atoms with Gasteiger partial charge in [-0.25, -0.2) is 0 Å². The number of benzene rings is 1. The summed E-state index contributed by atoms with van der Waals surface area (Å²) in [5.41, 5.74) is 0. The second-order valence-corrected chi connectivity index (χ2v) is 4.29. The first-order chi connectivity index (χ1) is 8.38. The average molecular weight is 232 g/mol. The fourth-order valence-corrected chi connectivity index (χ4v) is 1.97. The maximum absolute atomic E-state index is 5.73. The van der Waals surface area contributed by atoms with E-state index in [1.165, 1.54) is 0 Å². The van der Waals surface area contributed by atoms with Crippen LogP contribution in [-0.2, 0) is 0 Å². The van der Waals surface area contributed by atoms with Crippen LogP contribution in [0, 0.1) is 0 Å². The van der Waals surface area contributed by atoms with Gasteiger partial charge in [0.1, 0.15) is 12.5 Å². The molecule has 3 heteroatoms. The van der Waals surface area contributed by atoms with Crippen molar-refractivity contribution < 1.29 is 4.74 Å². The van der Waals surface area contributed by atoms with E-state index >= 15 is 0 Å². The molecule has 0 atom stereocenters. The zero-order chi connectivity index (χ0) is 11.9. The minimum atomic E-state index is 0.686. The van der Waals surface area contributed by atoms with Crippen LogP contribution < -0.4 is 4.74 Å². The summed E-state index contributed by atoms with van der Waals surface area (Å²) in [7, 11) is 0. The molecule has 1 saturated heterocycles. The van der Waals surface area contributed by atoms with E-state index in [-0.39, 0.29) is 0 Å². The third-order valence-electron chi connectivity index (χ3n) is 3.01. The van der Waals surface area contributed by atoms with Gasteiger partial charge in [-0.1, -0.05) is 24.3 Å². The fourth-order valence-electron chi connectivity index (χ4n) is 1.97. The molecule has 0 N–H and O–H groups in total. The number of ether oxygens (including phenoxy) is 1. The largest absolute Gasteiger partial charge is 0.478 e.